The minimum absolute atomic E-state index is 0.0192. The first kappa shape index (κ1) is 14.4. The molecule has 0 aliphatic carbocycles. The molecule has 0 aliphatic heterocycles. The van der Waals surface area contributed by atoms with Crippen molar-refractivity contribution in [2.24, 2.45) is 5.41 Å². The molecule has 1 atom stereocenters. The molecule has 0 aromatic carbocycles. The van der Waals surface area contributed by atoms with Gasteiger partial charge in [0.1, 0.15) is 0 Å². The average Bonchev–Trinajstić information content (AvgIpc) is 1.94. The molecule has 0 unspecified atom stereocenters. The van der Waals surface area contributed by atoms with E-state index in [0.717, 1.165) is 0 Å². The molecule has 0 bridgehead atoms. The Morgan fingerprint density at radius 1 is 1.07 bits per heavy atom. The van der Waals surface area contributed by atoms with Crippen LogP contribution in [0.3, 0.4) is 0 Å². The molecule has 0 saturated carbocycles. The van der Waals surface area contributed by atoms with Gasteiger partial charge in [-0.2, -0.15) is 0 Å². The van der Waals surface area contributed by atoms with E-state index in [9.17, 15) is 4.79 Å². The van der Waals surface area contributed by atoms with Crippen molar-refractivity contribution in [3.8, 4) is 0 Å². The van der Waals surface area contributed by atoms with Gasteiger partial charge >= 0.3 is 0 Å². The SMILES string of the molecule is CN(C)C(=O)[C@H]([NH2+]C(C)(C)C)C(C)(C)C. The molecule has 0 radical (unpaired) electrons. The van der Waals surface area contributed by atoms with Crippen LogP contribution in [0.4, 0.5) is 0 Å². The van der Waals surface area contributed by atoms with Crippen LogP contribution in [-0.2, 0) is 4.79 Å². The normalized spacial score (nSPS) is 14.9. The first-order valence-electron chi connectivity index (χ1n) is 5.52. The first-order valence-corrected chi connectivity index (χ1v) is 5.52. The number of hydrogen-bond acceptors (Lipinski definition) is 1. The summed E-state index contributed by atoms with van der Waals surface area (Å²) in [5.74, 6) is 0.192. The zero-order valence-corrected chi connectivity index (χ0v) is 11.5. The number of hydrogen-bond donors (Lipinski definition) is 1. The van der Waals surface area contributed by atoms with Crippen LogP contribution in [0.1, 0.15) is 41.5 Å². The molecule has 3 heteroatoms. The van der Waals surface area contributed by atoms with Gasteiger partial charge in [-0.05, 0) is 20.8 Å². The van der Waals surface area contributed by atoms with Gasteiger partial charge in [-0.1, -0.05) is 20.8 Å². The predicted molar refractivity (Wildman–Crippen MR) is 63.6 cm³/mol. The lowest BCUT2D eigenvalue weighted by atomic mass is 9.84. The number of amides is 1. The minimum Gasteiger partial charge on any atom is -0.344 e. The van der Waals surface area contributed by atoms with E-state index in [4.69, 9.17) is 0 Å². The van der Waals surface area contributed by atoms with Gasteiger partial charge in [-0.15, -0.1) is 0 Å². The summed E-state index contributed by atoms with van der Waals surface area (Å²) in [6.45, 7) is 12.7. The van der Waals surface area contributed by atoms with Crippen LogP contribution >= 0.6 is 0 Å². The van der Waals surface area contributed by atoms with E-state index in [-0.39, 0.29) is 22.9 Å². The van der Waals surface area contributed by atoms with Crippen molar-refractivity contribution in [1.82, 2.24) is 4.90 Å². The summed E-state index contributed by atoms with van der Waals surface area (Å²) < 4.78 is 0. The molecule has 2 N–H and O–H groups in total. The van der Waals surface area contributed by atoms with Crippen molar-refractivity contribution in [2.45, 2.75) is 53.1 Å². The Morgan fingerprint density at radius 2 is 1.47 bits per heavy atom. The lowest BCUT2D eigenvalue weighted by Crippen LogP contribution is -3.02. The molecule has 3 nitrogen and oxygen atoms in total. The molecule has 0 saturated heterocycles. The van der Waals surface area contributed by atoms with Gasteiger partial charge in [-0.25, -0.2) is 0 Å². The van der Waals surface area contributed by atoms with Crippen LogP contribution in [0.15, 0.2) is 0 Å². The standard InChI is InChI=1S/C12H26N2O/c1-11(2,3)9(10(15)14(7)8)13-12(4,5)6/h9,13H,1-8H3/p+1/t9-/m0/s1. The average molecular weight is 215 g/mol. The Kier molecular flexibility index (Phi) is 4.35. The summed E-state index contributed by atoms with van der Waals surface area (Å²) >= 11 is 0. The van der Waals surface area contributed by atoms with Crippen LogP contribution in [0, 0.1) is 5.41 Å². The van der Waals surface area contributed by atoms with Gasteiger partial charge in [-0.3, -0.25) is 4.79 Å². The number of nitrogens with zero attached hydrogens (tertiary/aromatic N) is 1. The maximum Gasteiger partial charge on any atom is 0.280 e. The van der Waals surface area contributed by atoms with E-state index in [1.165, 1.54) is 0 Å². The maximum absolute atomic E-state index is 12.1. The molecule has 0 aromatic heterocycles. The maximum atomic E-state index is 12.1. The summed E-state index contributed by atoms with van der Waals surface area (Å²) in [6.07, 6.45) is 0. The van der Waals surface area contributed by atoms with Crippen LogP contribution in [0.5, 0.6) is 0 Å². The third kappa shape index (κ3) is 5.17. The number of carbonyl (C=O) groups is 1. The highest BCUT2D eigenvalue weighted by molar-refractivity contribution is 5.80. The lowest BCUT2D eigenvalue weighted by Gasteiger charge is -2.34. The number of likely N-dealkylation sites (N-methyl/N-ethyl adjacent to an activating group) is 1. The molecule has 0 rings (SSSR count). The topological polar surface area (TPSA) is 36.9 Å². The van der Waals surface area contributed by atoms with Gasteiger partial charge in [0.25, 0.3) is 5.91 Å². The Hall–Kier alpha value is -0.570. The lowest BCUT2D eigenvalue weighted by molar-refractivity contribution is -0.746. The fraction of sp³-hybridized carbons (Fsp3) is 0.917. The molecular formula is C12H27N2O+. The van der Waals surface area contributed by atoms with Crippen LogP contribution in [0.25, 0.3) is 0 Å². The predicted octanol–water partition coefficient (Wildman–Crippen LogP) is 0.851. The van der Waals surface area contributed by atoms with E-state index in [1.807, 2.05) is 14.1 Å². The van der Waals surface area contributed by atoms with Gasteiger partial charge in [0.05, 0.1) is 5.54 Å². The van der Waals surface area contributed by atoms with E-state index in [0.29, 0.717) is 0 Å². The number of nitrogens with two attached hydrogens (primary N) is 1. The van der Waals surface area contributed by atoms with Crippen molar-refractivity contribution in [3.05, 3.63) is 0 Å². The fourth-order valence-electron chi connectivity index (χ4n) is 1.47. The summed E-state index contributed by atoms with van der Waals surface area (Å²) in [6, 6.07) is -0.0208. The van der Waals surface area contributed by atoms with E-state index >= 15 is 0 Å². The van der Waals surface area contributed by atoms with Crippen LogP contribution in [-0.4, -0.2) is 36.5 Å². The monoisotopic (exact) mass is 215 g/mol. The van der Waals surface area contributed by atoms with E-state index in [2.05, 4.69) is 46.9 Å². The summed E-state index contributed by atoms with van der Waals surface area (Å²) in [5, 5.41) is 2.16. The van der Waals surface area contributed by atoms with Crippen LogP contribution in [0.2, 0.25) is 0 Å². The minimum atomic E-state index is -0.0208. The second kappa shape index (κ2) is 4.52. The second-order valence-corrected chi connectivity index (χ2v) is 6.61. The van der Waals surface area contributed by atoms with Crippen molar-refractivity contribution in [3.63, 3.8) is 0 Å². The van der Waals surface area contributed by atoms with Gasteiger partial charge in [0, 0.05) is 19.5 Å². The zero-order chi connectivity index (χ0) is 12.4. The third-order valence-electron chi connectivity index (χ3n) is 2.31. The molecule has 1 amide bonds. The van der Waals surface area contributed by atoms with Crippen molar-refractivity contribution in [2.75, 3.05) is 14.1 Å². The number of rotatable bonds is 2. The Balaban J connectivity index is 4.84. The highest BCUT2D eigenvalue weighted by Crippen LogP contribution is 2.18. The van der Waals surface area contributed by atoms with Crippen LogP contribution < -0.4 is 5.32 Å². The van der Waals surface area contributed by atoms with E-state index < -0.39 is 0 Å². The van der Waals surface area contributed by atoms with Gasteiger partial charge < -0.3 is 10.2 Å². The number of carbonyl (C=O) groups excluding carboxylic acids is 1. The Labute approximate surface area is 94.2 Å². The molecular weight excluding hydrogens is 188 g/mol. The molecule has 0 aliphatic rings. The fourth-order valence-corrected chi connectivity index (χ4v) is 1.47. The molecule has 0 spiro atoms. The third-order valence-corrected chi connectivity index (χ3v) is 2.31. The quantitative estimate of drug-likeness (QED) is 0.728. The first-order chi connectivity index (χ1) is 6.45. The van der Waals surface area contributed by atoms with Crippen molar-refractivity contribution in [1.29, 1.82) is 0 Å². The summed E-state index contributed by atoms with van der Waals surface area (Å²) in [5.41, 5.74) is 0.0538. The molecule has 0 heterocycles. The largest absolute Gasteiger partial charge is 0.344 e. The van der Waals surface area contributed by atoms with Gasteiger partial charge in [0.15, 0.2) is 6.04 Å². The smallest absolute Gasteiger partial charge is 0.280 e. The zero-order valence-electron chi connectivity index (χ0n) is 11.5. The summed E-state index contributed by atoms with van der Waals surface area (Å²) in [7, 11) is 3.63. The molecule has 15 heavy (non-hydrogen) atoms. The molecule has 0 aromatic rings. The van der Waals surface area contributed by atoms with Gasteiger partial charge in [0.2, 0.25) is 0 Å². The van der Waals surface area contributed by atoms with Crippen molar-refractivity contribution < 1.29 is 10.1 Å². The highest BCUT2D eigenvalue weighted by atomic mass is 16.2. The Bertz CT molecular complexity index is 221. The number of quaternary nitrogens is 1. The molecule has 90 valence electrons. The molecule has 0 fully saturated rings. The van der Waals surface area contributed by atoms with E-state index in [1.54, 1.807) is 4.90 Å². The Morgan fingerprint density at radius 3 is 1.67 bits per heavy atom. The second-order valence-electron chi connectivity index (χ2n) is 6.61. The summed E-state index contributed by atoms with van der Waals surface area (Å²) in [4.78, 5) is 13.7. The van der Waals surface area contributed by atoms with Crippen molar-refractivity contribution >= 4 is 5.91 Å². The highest BCUT2D eigenvalue weighted by Gasteiger charge is 2.38.